The molecule has 2 aliphatic heterocycles. The molecule has 7 heteroatoms. The first-order valence-corrected chi connectivity index (χ1v) is 9.83. The van der Waals surface area contributed by atoms with Gasteiger partial charge in [0.1, 0.15) is 5.82 Å². The standard InChI is InChI=1S/C21H27FN4O2/c1-21(2)15-25(13-16-3-4-18(22)11-19(16)21)20(27)17-12-23-26(14-17)6-5-24-7-9-28-10-8-24/h3-4,11-12,14H,5-10,13,15H2,1-2H3. The van der Waals surface area contributed by atoms with Crippen LogP contribution < -0.4 is 0 Å². The fourth-order valence-electron chi connectivity index (χ4n) is 4.13. The first-order valence-electron chi connectivity index (χ1n) is 9.83. The molecule has 3 heterocycles. The Kier molecular flexibility index (Phi) is 5.21. The van der Waals surface area contributed by atoms with Crippen LogP contribution in [-0.4, -0.2) is 64.9 Å². The lowest BCUT2D eigenvalue weighted by Crippen LogP contribution is -2.45. The number of carbonyl (C=O) groups is 1. The van der Waals surface area contributed by atoms with Crippen LogP contribution in [0, 0.1) is 5.82 Å². The maximum atomic E-state index is 13.7. The number of amides is 1. The van der Waals surface area contributed by atoms with E-state index in [1.807, 2.05) is 15.8 Å². The second-order valence-corrected chi connectivity index (χ2v) is 8.29. The molecule has 1 fully saturated rings. The Hall–Kier alpha value is -2.25. The number of morpholine rings is 1. The van der Waals surface area contributed by atoms with Gasteiger partial charge in [0.15, 0.2) is 0 Å². The van der Waals surface area contributed by atoms with E-state index in [9.17, 15) is 9.18 Å². The number of hydrogen-bond donors (Lipinski definition) is 0. The fraction of sp³-hybridized carbons (Fsp3) is 0.524. The Morgan fingerprint density at radius 3 is 2.82 bits per heavy atom. The van der Waals surface area contributed by atoms with Crippen molar-refractivity contribution in [2.75, 3.05) is 39.4 Å². The third kappa shape index (κ3) is 3.95. The molecule has 2 aliphatic rings. The first kappa shape index (κ1) is 19.1. The zero-order valence-corrected chi connectivity index (χ0v) is 16.5. The fourth-order valence-corrected chi connectivity index (χ4v) is 4.13. The van der Waals surface area contributed by atoms with Crippen molar-refractivity contribution in [3.63, 3.8) is 0 Å². The van der Waals surface area contributed by atoms with Gasteiger partial charge in [0, 0.05) is 44.3 Å². The van der Waals surface area contributed by atoms with Gasteiger partial charge in [-0.3, -0.25) is 14.4 Å². The highest BCUT2D eigenvalue weighted by molar-refractivity contribution is 5.94. The number of ether oxygens (including phenoxy) is 1. The van der Waals surface area contributed by atoms with Crippen LogP contribution in [0.15, 0.2) is 30.6 Å². The topological polar surface area (TPSA) is 50.6 Å². The number of aromatic nitrogens is 2. The van der Waals surface area contributed by atoms with Crippen molar-refractivity contribution in [3.05, 3.63) is 53.1 Å². The van der Waals surface area contributed by atoms with Gasteiger partial charge in [-0.15, -0.1) is 0 Å². The van der Waals surface area contributed by atoms with Crippen molar-refractivity contribution in [2.45, 2.75) is 32.4 Å². The summed E-state index contributed by atoms with van der Waals surface area (Å²) in [6.07, 6.45) is 3.48. The van der Waals surface area contributed by atoms with E-state index >= 15 is 0 Å². The Bertz CT molecular complexity index is 858. The molecule has 0 N–H and O–H groups in total. The summed E-state index contributed by atoms with van der Waals surface area (Å²) in [5.74, 6) is -0.256. The van der Waals surface area contributed by atoms with Crippen LogP contribution in [0.1, 0.15) is 35.3 Å². The summed E-state index contributed by atoms with van der Waals surface area (Å²) >= 11 is 0. The molecule has 0 unspecified atom stereocenters. The van der Waals surface area contributed by atoms with Crippen LogP contribution >= 0.6 is 0 Å². The molecule has 0 spiro atoms. The van der Waals surface area contributed by atoms with Gasteiger partial charge in [0.25, 0.3) is 5.91 Å². The molecule has 0 saturated carbocycles. The normalized spacial score (nSPS) is 19.5. The van der Waals surface area contributed by atoms with Crippen molar-refractivity contribution in [2.24, 2.45) is 0 Å². The molecule has 0 radical (unpaired) electrons. The number of halogens is 1. The molecule has 4 rings (SSSR count). The third-order valence-electron chi connectivity index (χ3n) is 5.66. The van der Waals surface area contributed by atoms with E-state index in [-0.39, 0.29) is 17.1 Å². The van der Waals surface area contributed by atoms with Crippen LogP contribution in [0.25, 0.3) is 0 Å². The van der Waals surface area contributed by atoms with E-state index in [0.29, 0.717) is 18.7 Å². The Morgan fingerprint density at radius 2 is 2.04 bits per heavy atom. The van der Waals surface area contributed by atoms with Crippen LogP contribution in [0.4, 0.5) is 4.39 Å². The summed E-state index contributed by atoms with van der Waals surface area (Å²) in [5.41, 5.74) is 2.30. The third-order valence-corrected chi connectivity index (χ3v) is 5.66. The lowest BCUT2D eigenvalue weighted by molar-refractivity contribution is 0.0359. The lowest BCUT2D eigenvalue weighted by Gasteiger charge is -2.39. The molecule has 0 atom stereocenters. The van der Waals surface area contributed by atoms with Crippen molar-refractivity contribution >= 4 is 5.91 Å². The summed E-state index contributed by atoms with van der Waals surface area (Å²) in [7, 11) is 0. The number of rotatable bonds is 4. The monoisotopic (exact) mass is 386 g/mol. The molecule has 28 heavy (non-hydrogen) atoms. The minimum atomic E-state index is -0.294. The molecule has 0 bridgehead atoms. The maximum Gasteiger partial charge on any atom is 0.257 e. The molecule has 2 aromatic rings. The van der Waals surface area contributed by atoms with Crippen molar-refractivity contribution in [1.82, 2.24) is 19.6 Å². The number of benzene rings is 1. The van der Waals surface area contributed by atoms with Crippen molar-refractivity contribution in [3.8, 4) is 0 Å². The molecule has 1 saturated heterocycles. The summed E-state index contributed by atoms with van der Waals surface area (Å²) < 4.78 is 20.9. The predicted molar refractivity (Wildman–Crippen MR) is 104 cm³/mol. The highest BCUT2D eigenvalue weighted by atomic mass is 19.1. The quantitative estimate of drug-likeness (QED) is 0.809. The van der Waals surface area contributed by atoms with Gasteiger partial charge >= 0.3 is 0 Å². The van der Waals surface area contributed by atoms with Gasteiger partial charge < -0.3 is 9.64 Å². The van der Waals surface area contributed by atoms with Crippen LogP contribution in [0.3, 0.4) is 0 Å². The summed E-state index contributed by atoms with van der Waals surface area (Å²) in [6.45, 7) is 10.2. The minimum absolute atomic E-state index is 0.0272. The van der Waals surface area contributed by atoms with Crippen LogP contribution in [-0.2, 0) is 23.2 Å². The highest BCUT2D eigenvalue weighted by Crippen LogP contribution is 2.34. The van der Waals surface area contributed by atoms with E-state index < -0.39 is 0 Å². The minimum Gasteiger partial charge on any atom is -0.379 e. The van der Waals surface area contributed by atoms with E-state index in [1.54, 1.807) is 18.3 Å². The molecule has 1 aromatic heterocycles. The smallest absolute Gasteiger partial charge is 0.257 e. The highest BCUT2D eigenvalue weighted by Gasteiger charge is 2.34. The number of carbonyl (C=O) groups excluding carboxylic acids is 1. The largest absolute Gasteiger partial charge is 0.379 e. The SMILES string of the molecule is CC1(C)CN(C(=O)c2cnn(CCN3CCOCC3)c2)Cc2ccc(F)cc21. The Morgan fingerprint density at radius 1 is 1.25 bits per heavy atom. The van der Waals surface area contributed by atoms with Gasteiger partial charge in [0.05, 0.1) is 31.5 Å². The molecule has 0 aliphatic carbocycles. The average Bonchev–Trinajstić information content (AvgIpc) is 3.16. The molecule has 6 nitrogen and oxygen atoms in total. The number of hydrogen-bond acceptors (Lipinski definition) is 4. The van der Waals surface area contributed by atoms with E-state index in [1.165, 1.54) is 6.07 Å². The average molecular weight is 386 g/mol. The van der Waals surface area contributed by atoms with Gasteiger partial charge in [-0.25, -0.2) is 4.39 Å². The molecular formula is C21H27FN4O2. The van der Waals surface area contributed by atoms with Gasteiger partial charge in [-0.05, 0) is 23.3 Å². The van der Waals surface area contributed by atoms with Crippen molar-refractivity contribution in [1.29, 1.82) is 0 Å². The Labute approximate surface area is 164 Å². The van der Waals surface area contributed by atoms with Gasteiger partial charge in [-0.1, -0.05) is 19.9 Å². The summed E-state index contributed by atoms with van der Waals surface area (Å²) in [6, 6.07) is 4.85. The summed E-state index contributed by atoms with van der Waals surface area (Å²) in [4.78, 5) is 17.2. The zero-order chi connectivity index (χ0) is 19.7. The Balaban J connectivity index is 1.43. The number of fused-ring (bicyclic) bond motifs is 1. The zero-order valence-electron chi connectivity index (χ0n) is 16.5. The van der Waals surface area contributed by atoms with Crippen LogP contribution in [0.2, 0.25) is 0 Å². The maximum absolute atomic E-state index is 13.7. The molecule has 150 valence electrons. The van der Waals surface area contributed by atoms with Crippen LogP contribution in [0.5, 0.6) is 0 Å². The van der Waals surface area contributed by atoms with Crippen molar-refractivity contribution < 1.29 is 13.9 Å². The molecular weight excluding hydrogens is 359 g/mol. The van der Waals surface area contributed by atoms with E-state index in [2.05, 4.69) is 23.8 Å². The predicted octanol–water partition coefficient (Wildman–Crippen LogP) is 2.29. The lowest BCUT2D eigenvalue weighted by atomic mass is 9.78. The van der Waals surface area contributed by atoms with E-state index in [4.69, 9.17) is 4.74 Å². The van der Waals surface area contributed by atoms with E-state index in [0.717, 1.165) is 50.5 Å². The molecule has 1 aromatic carbocycles. The van der Waals surface area contributed by atoms with Gasteiger partial charge in [0.2, 0.25) is 0 Å². The molecule has 1 amide bonds. The second kappa shape index (κ2) is 7.64. The summed E-state index contributed by atoms with van der Waals surface area (Å²) in [5, 5.41) is 4.37. The first-order chi connectivity index (χ1) is 13.4. The van der Waals surface area contributed by atoms with Gasteiger partial charge in [-0.2, -0.15) is 5.10 Å². The second-order valence-electron chi connectivity index (χ2n) is 8.29. The number of nitrogens with zero attached hydrogens (tertiary/aromatic N) is 4.